The molecule has 1 aromatic heterocycles. The van der Waals surface area contributed by atoms with Gasteiger partial charge in [-0.2, -0.15) is 0 Å². The van der Waals surface area contributed by atoms with Crippen LogP contribution in [0.5, 0.6) is 11.5 Å². The number of ether oxygens (including phenoxy) is 2. The van der Waals surface area contributed by atoms with Gasteiger partial charge in [0.15, 0.2) is 16.6 Å². The number of thiazole rings is 1. The summed E-state index contributed by atoms with van der Waals surface area (Å²) in [6.07, 6.45) is 3.20. The molecule has 5 nitrogen and oxygen atoms in total. The third-order valence-corrected chi connectivity index (χ3v) is 5.11. The Bertz CT molecular complexity index is 1030. The smallest absolute Gasteiger partial charge is 0.250 e. The van der Waals surface area contributed by atoms with E-state index >= 15 is 0 Å². The van der Waals surface area contributed by atoms with Crippen molar-refractivity contribution in [2.24, 2.45) is 0 Å². The monoisotopic (exact) mass is 398 g/mol. The van der Waals surface area contributed by atoms with Gasteiger partial charge in [-0.25, -0.2) is 4.98 Å². The van der Waals surface area contributed by atoms with Crippen molar-refractivity contribution >= 4 is 40.1 Å². The summed E-state index contributed by atoms with van der Waals surface area (Å²) in [6.45, 7) is 2.20. The van der Waals surface area contributed by atoms with Gasteiger partial charge >= 0.3 is 0 Å². The van der Waals surface area contributed by atoms with Crippen LogP contribution >= 0.6 is 22.9 Å². The van der Waals surface area contributed by atoms with E-state index in [2.05, 4.69) is 10.3 Å². The first-order chi connectivity index (χ1) is 13.1. The number of aryl methyl sites for hydroxylation is 1. The van der Waals surface area contributed by atoms with Crippen molar-refractivity contribution in [3.05, 3.63) is 64.0 Å². The topological polar surface area (TPSA) is 60.5 Å². The number of anilines is 1. The zero-order valence-electron chi connectivity index (χ0n) is 14.4. The number of amides is 1. The Kier molecular flexibility index (Phi) is 4.83. The summed E-state index contributed by atoms with van der Waals surface area (Å²) in [7, 11) is 0. The largest absolute Gasteiger partial charge is 0.454 e. The van der Waals surface area contributed by atoms with Crippen LogP contribution in [0.15, 0.2) is 48.5 Å². The molecule has 1 aliphatic heterocycles. The van der Waals surface area contributed by atoms with Crippen LogP contribution in [0.1, 0.15) is 10.4 Å². The van der Waals surface area contributed by atoms with E-state index in [1.165, 1.54) is 17.4 Å². The number of hydrogen-bond acceptors (Lipinski definition) is 5. The lowest BCUT2D eigenvalue weighted by Crippen LogP contribution is -2.07. The molecule has 0 spiro atoms. The van der Waals surface area contributed by atoms with E-state index in [9.17, 15) is 4.79 Å². The van der Waals surface area contributed by atoms with Gasteiger partial charge in [-0.15, -0.1) is 11.3 Å². The van der Waals surface area contributed by atoms with Gasteiger partial charge in [0.05, 0.1) is 5.69 Å². The zero-order valence-corrected chi connectivity index (χ0v) is 15.9. The fraction of sp³-hybridized carbons (Fsp3) is 0.100. The second kappa shape index (κ2) is 7.42. The number of hydrogen-bond donors (Lipinski definition) is 1. The first-order valence-corrected chi connectivity index (χ1v) is 9.40. The number of fused-ring (bicyclic) bond motifs is 1. The number of carbonyl (C=O) groups is 1. The third-order valence-electron chi connectivity index (χ3n) is 3.97. The molecule has 1 aliphatic rings. The van der Waals surface area contributed by atoms with Crippen LogP contribution in [0.25, 0.3) is 17.3 Å². The molecule has 0 saturated heterocycles. The van der Waals surface area contributed by atoms with Crippen LogP contribution in [-0.2, 0) is 4.79 Å². The van der Waals surface area contributed by atoms with Crippen molar-refractivity contribution in [3.63, 3.8) is 0 Å². The maximum atomic E-state index is 12.2. The number of nitrogens with one attached hydrogen (secondary N) is 1. The summed E-state index contributed by atoms with van der Waals surface area (Å²) in [4.78, 5) is 17.7. The number of nitrogens with zero attached hydrogens (tertiary/aromatic N) is 1. The van der Waals surface area contributed by atoms with E-state index in [0.717, 1.165) is 27.4 Å². The second-order valence-electron chi connectivity index (χ2n) is 5.87. The molecule has 4 rings (SSSR count). The molecular weight excluding hydrogens is 384 g/mol. The summed E-state index contributed by atoms with van der Waals surface area (Å²) in [5, 5.41) is 4.01. The van der Waals surface area contributed by atoms with Crippen LogP contribution in [0.2, 0.25) is 5.02 Å². The van der Waals surface area contributed by atoms with E-state index in [-0.39, 0.29) is 12.7 Å². The molecule has 1 amide bonds. The summed E-state index contributed by atoms with van der Waals surface area (Å²) < 4.78 is 10.8. The van der Waals surface area contributed by atoms with Crippen molar-refractivity contribution in [2.75, 3.05) is 12.1 Å². The molecule has 0 unspecified atom stereocenters. The molecular formula is C20H15ClN2O3S. The molecule has 2 heterocycles. The Labute approximate surface area is 165 Å². The Morgan fingerprint density at radius 1 is 1.19 bits per heavy atom. The predicted molar refractivity (Wildman–Crippen MR) is 108 cm³/mol. The summed E-state index contributed by atoms with van der Waals surface area (Å²) in [5.41, 5.74) is 2.63. The van der Waals surface area contributed by atoms with Crippen LogP contribution in [-0.4, -0.2) is 17.7 Å². The highest BCUT2D eigenvalue weighted by molar-refractivity contribution is 7.16. The first-order valence-electron chi connectivity index (χ1n) is 8.20. The highest BCUT2D eigenvalue weighted by Crippen LogP contribution is 2.38. The third kappa shape index (κ3) is 3.97. The van der Waals surface area contributed by atoms with E-state index in [0.29, 0.717) is 15.9 Å². The summed E-state index contributed by atoms with van der Waals surface area (Å²) in [5.74, 6) is 1.19. The Hall–Kier alpha value is -2.83. The van der Waals surface area contributed by atoms with Crippen LogP contribution < -0.4 is 14.8 Å². The fourth-order valence-electron chi connectivity index (χ4n) is 2.65. The van der Waals surface area contributed by atoms with Gasteiger partial charge in [0.2, 0.25) is 12.7 Å². The van der Waals surface area contributed by atoms with Crippen molar-refractivity contribution < 1.29 is 14.3 Å². The minimum atomic E-state index is -0.240. The number of rotatable bonds is 4. The first kappa shape index (κ1) is 17.6. The predicted octanol–water partition coefficient (Wildman–Crippen LogP) is 5.15. The minimum absolute atomic E-state index is 0.232. The lowest BCUT2D eigenvalue weighted by atomic mass is 10.1. The zero-order chi connectivity index (χ0) is 18.8. The molecule has 0 saturated carbocycles. The van der Waals surface area contributed by atoms with E-state index in [4.69, 9.17) is 21.1 Å². The average molecular weight is 399 g/mol. The Balaban J connectivity index is 1.48. The highest BCUT2D eigenvalue weighted by atomic mass is 35.5. The van der Waals surface area contributed by atoms with Crippen molar-refractivity contribution in [1.29, 1.82) is 0 Å². The van der Waals surface area contributed by atoms with Crippen molar-refractivity contribution in [2.45, 2.75) is 6.92 Å². The standard InChI is InChI=1S/C20H15ClN2O3S/c1-12-19(14-5-8-16-17(10-14)26-11-25-16)23-20(27-12)22-18(24)9-4-13-2-6-15(21)7-3-13/h2-10H,11H2,1H3,(H,22,23,24)/b9-4+. The van der Waals surface area contributed by atoms with Crippen molar-refractivity contribution in [1.82, 2.24) is 4.98 Å². The van der Waals surface area contributed by atoms with Crippen molar-refractivity contribution in [3.8, 4) is 22.8 Å². The molecule has 2 aromatic carbocycles. The number of aromatic nitrogens is 1. The molecule has 0 fully saturated rings. The van der Waals surface area contributed by atoms with Crippen LogP contribution in [0.4, 0.5) is 5.13 Å². The Morgan fingerprint density at radius 2 is 1.96 bits per heavy atom. The van der Waals surface area contributed by atoms with Gasteiger partial charge in [-0.3, -0.25) is 10.1 Å². The van der Waals surface area contributed by atoms with E-state index < -0.39 is 0 Å². The summed E-state index contributed by atoms with van der Waals surface area (Å²) in [6, 6.07) is 12.9. The van der Waals surface area contributed by atoms with Crippen LogP contribution in [0, 0.1) is 6.92 Å². The van der Waals surface area contributed by atoms with E-state index in [1.54, 1.807) is 18.2 Å². The van der Waals surface area contributed by atoms with Gasteiger partial charge in [0.25, 0.3) is 0 Å². The molecule has 0 radical (unpaired) electrons. The highest BCUT2D eigenvalue weighted by Gasteiger charge is 2.17. The Morgan fingerprint density at radius 3 is 2.78 bits per heavy atom. The lowest BCUT2D eigenvalue weighted by molar-refractivity contribution is -0.111. The quantitative estimate of drug-likeness (QED) is 0.617. The number of carbonyl (C=O) groups excluding carboxylic acids is 1. The maximum Gasteiger partial charge on any atom is 0.250 e. The molecule has 0 aliphatic carbocycles. The van der Waals surface area contributed by atoms with Gasteiger partial charge in [0.1, 0.15) is 0 Å². The number of halogens is 1. The minimum Gasteiger partial charge on any atom is -0.454 e. The number of benzene rings is 2. The molecule has 0 atom stereocenters. The fourth-order valence-corrected chi connectivity index (χ4v) is 3.62. The lowest BCUT2D eigenvalue weighted by Gasteiger charge is -2.01. The van der Waals surface area contributed by atoms with Gasteiger partial charge in [-0.1, -0.05) is 23.7 Å². The van der Waals surface area contributed by atoms with E-state index in [1.807, 2.05) is 37.3 Å². The second-order valence-corrected chi connectivity index (χ2v) is 7.51. The SMILES string of the molecule is Cc1sc(NC(=O)/C=C/c2ccc(Cl)cc2)nc1-c1ccc2c(c1)OCO2. The maximum absolute atomic E-state index is 12.2. The van der Waals surface area contributed by atoms with Gasteiger partial charge < -0.3 is 9.47 Å². The molecule has 136 valence electrons. The summed E-state index contributed by atoms with van der Waals surface area (Å²) >= 11 is 7.28. The molecule has 3 aromatic rings. The molecule has 0 bridgehead atoms. The van der Waals surface area contributed by atoms with Gasteiger partial charge in [0, 0.05) is 21.5 Å². The van der Waals surface area contributed by atoms with Gasteiger partial charge in [-0.05, 0) is 48.9 Å². The average Bonchev–Trinajstić information content (AvgIpc) is 3.26. The molecule has 1 N–H and O–H groups in total. The molecule has 7 heteroatoms. The normalized spacial score (nSPS) is 12.5. The molecule has 27 heavy (non-hydrogen) atoms. The van der Waals surface area contributed by atoms with Crippen LogP contribution in [0.3, 0.4) is 0 Å².